The lowest BCUT2D eigenvalue weighted by atomic mass is 9.90. The Bertz CT molecular complexity index is 420. The summed E-state index contributed by atoms with van der Waals surface area (Å²) in [5.74, 6) is -0.166. The highest BCUT2D eigenvalue weighted by Crippen LogP contribution is 2.17. The number of rotatable bonds is 20. The van der Waals surface area contributed by atoms with E-state index in [1.54, 1.807) is 0 Å². The molecule has 0 heterocycles. The summed E-state index contributed by atoms with van der Waals surface area (Å²) in [5.41, 5.74) is 0.103. The van der Waals surface area contributed by atoms with Crippen LogP contribution in [-0.4, -0.2) is 91.0 Å². The van der Waals surface area contributed by atoms with Gasteiger partial charge in [-0.1, -0.05) is 20.8 Å². The zero-order valence-corrected chi connectivity index (χ0v) is 18.6. The molecule has 0 rings (SSSR count). The lowest BCUT2D eigenvalue weighted by Gasteiger charge is -2.22. The van der Waals surface area contributed by atoms with Gasteiger partial charge < -0.3 is 34.3 Å². The molecule has 0 saturated carbocycles. The first-order chi connectivity index (χ1) is 13.9. The van der Waals surface area contributed by atoms with Crippen molar-refractivity contribution in [2.45, 2.75) is 34.1 Å². The van der Waals surface area contributed by atoms with Gasteiger partial charge in [-0.3, -0.25) is 9.59 Å². The van der Waals surface area contributed by atoms with Crippen LogP contribution in [-0.2, 0) is 33.3 Å². The highest BCUT2D eigenvalue weighted by Gasteiger charge is 2.15. The van der Waals surface area contributed by atoms with E-state index >= 15 is 0 Å². The SMILES string of the molecule is CCC(C)(C)CNC(=O)COCCOCCOCCOCCOCCNC(C)=O. The van der Waals surface area contributed by atoms with Crippen molar-refractivity contribution in [3.05, 3.63) is 0 Å². The van der Waals surface area contributed by atoms with Crippen molar-refractivity contribution in [1.29, 1.82) is 0 Å². The van der Waals surface area contributed by atoms with Crippen molar-refractivity contribution in [1.82, 2.24) is 10.6 Å². The molecule has 0 aliphatic rings. The molecular weight excluding hydrogens is 380 g/mol. The quantitative estimate of drug-likeness (QED) is 0.280. The fourth-order valence-corrected chi connectivity index (χ4v) is 1.86. The first-order valence-electron chi connectivity index (χ1n) is 10.3. The molecule has 2 amide bonds. The van der Waals surface area contributed by atoms with Crippen LogP contribution in [0.3, 0.4) is 0 Å². The summed E-state index contributed by atoms with van der Waals surface area (Å²) in [6, 6.07) is 0. The number of carbonyl (C=O) groups excluding carboxylic acids is 2. The molecule has 0 radical (unpaired) electrons. The van der Waals surface area contributed by atoms with E-state index in [2.05, 4.69) is 31.4 Å². The van der Waals surface area contributed by atoms with Gasteiger partial charge in [0.1, 0.15) is 6.61 Å². The Hall–Kier alpha value is -1.26. The number of nitrogens with one attached hydrogen (secondary N) is 2. The summed E-state index contributed by atoms with van der Waals surface area (Å²) in [5, 5.41) is 5.52. The average molecular weight is 421 g/mol. The van der Waals surface area contributed by atoms with Crippen molar-refractivity contribution < 1.29 is 33.3 Å². The molecule has 29 heavy (non-hydrogen) atoms. The minimum absolute atomic E-state index is 0.0496. The van der Waals surface area contributed by atoms with Gasteiger partial charge in [0.15, 0.2) is 0 Å². The summed E-state index contributed by atoms with van der Waals surface area (Å²) in [4.78, 5) is 22.3. The third kappa shape index (κ3) is 21.3. The highest BCUT2D eigenvalue weighted by molar-refractivity contribution is 5.77. The largest absolute Gasteiger partial charge is 0.377 e. The van der Waals surface area contributed by atoms with Crippen LogP contribution in [0, 0.1) is 5.41 Å². The van der Waals surface area contributed by atoms with Crippen LogP contribution in [0.5, 0.6) is 0 Å². The van der Waals surface area contributed by atoms with Crippen molar-refractivity contribution in [2.24, 2.45) is 5.41 Å². The van der Waals surface area contributed by atoms with Gasteiger partial charge in [0, 0.05) is 20.0 Å². The van der Waals surface area contributed by atoms with Crippen LogP contribution >= 0.6 is 0 Å². The molecule has 0 aliphatic carbocycles. The smallest absolute Gasteiger partial charge is 0.246 e. The van der Waals surface area contributed by atoms with Crippen LogP contribution in [0.2, 0.25) is 0 Å². The van der Waals surface area contributed by atoms with Gasteiger partial charge in [0.2, 0.25) is 11.8 Å². The Labute approximate surface area is 175 Å². The second-order valence-electron chi connectivity index (χ2n) is 7.28. The first-order valence-corrected chi connectivity index (χ1v) is 10.3. The molecule has 0 aromatic carbocycles. The average Bonchev–Trinajstić information content (AvgIpc) is 2.68. The Kier molecular flexibility index (Phi) is 17.9. The van der Waals surface area contributed by atoms with Gasteiger partial charge in [-0.2, -0.15) is 0 Å². The summed E-state index contributed by atoms with van der Waals surface area (Å²) < 4.78 is 26.7. The summed E-state index contributed by atoms with van der Waals surface area (Å²) in [6.45, 7) is 13.2. The lowest BCUT2D eigenvalue weighted by Crippen LogP contribution is -2.36. The Morgan fingerprint density at radius 2 is 1.17 bits per heavy atom. The Morgan fingerprint density at radius 3 is 1.62 bits per heavy atom. The summed E-state index contributed by atoms with van der Waals surface area (Å²) in [6.07, 6.45) is 1.01. The second-order valence-corrected chi connectivity index (χ2v) is 7.28. The standard InChI is InChI=1S/C20H40N2O7/c1-5-20(3,4)17-22-19(24)16-29-15-14-28-13-12-27-11-10-26-9-8-25-7-6-21-18(2)23/h5-17H2,1-4H3,(H,21,23)(H,22,24). The van der Waals surface area contributed by atoms with Crippen LogP contribution < -0.4 is 10.6 Å². The fraction of sp³-hybridized carbons (Fsp3) is 0.900. The van der Waals surface area contributed by atoms with Crippen LogP contribution in [0.1, 0.15) is 34.1 Å². The van der Waals surface area contributed by atoms with Crippen molar-refractivity contribution in [2.75, 3.05) is 79.2 Å². The van der Waals surface area contributed by atoms with Gasteiger partial charge in [0.25, 0.3) is 0 Å². The molecule has 0 unspecified atom stereocenters. The van der Waals surface area contributed by atoms with E-state index in [1.807, 2.05) is 0 Å². The monoisotopic (exact) mass is 420 g/mol. The minimum Gasteiger partial charge on any atom is -0.377 e. The maximum Gasteiger partial charge on any atom is 0.246 e. The third-order valence-electron chi connectivity index (χ3n) is 4.06. The molecule has 0 aromatic heterocycles. The van der Waals surface area contributed by atoms with Crippen molar-refractivity contribution >= 4 is 11.8 Å². The molecule has 0 spiro atoms. The highest BCUT2D eigenvalue weighted by atomic mass is 16.6. The zero-order valence-electron chi connectivity index (χ0n) is 18.6. The van der Waals surface area contributed by atoms with E-state index in [9.17, 15) is 9.59 Å². The predicted octanol–water partition coefficient (Wildman–Crippen LogP) is 0.758. The fourth-order valence-electron chi connectivity index (χ4n) is 1.86. The van der Waals surface area contributed by atoms with E-state index in [1.165, 1.54) is 6.92 Å². The molecule has 0 atom stereocenters. The number of carbonyl (C=O) groups is 2. The topological polar surface area (TPSA) is 104 Å². The van der Waals surface area contributed by atoms with E-state index in [4.69, 9.17) is 23.7 Å². The third-order valence-corrected chi connectivity index (χ3v) is 4.06. The van der Waals surface area contributed by atoms with Crippen LogP contribution in [0.25, 0.3) is 0 Å². The first kappa shape index (κ1) is 27.7. The van der Waals surface area contributed by atoms with E-state index in [-0.39, 0.29) is 23.8 Å². The maximum atomic E-state index is 11.6. The molecular formula is C20H40N2O7. The molecule has 0 aromatic rings. The molecule has 2 N–H and O–H groups in total. The normalized spacial score (nSPS) is 11.4. The Morgan fingerprint density at radius 1 is 0.724 bits per heavy atom. The number of amides is 2. The van der Waals surface area contributed by atoms with Crippen LogP contribution in [0.15, 0.2) is 0 Å². The predicted molar refractivity (Wildman–Crippen MR) is 110 cm³/mol. The van der Waals surface area contributed by atoms with Gasteiger partial charge in [-0.25, -0.2) is 0 Å². The second kappa shape index (κ2) is 18.7. The molecule has 0 saturated heterocycles. The molecule has 0 fully saturated rings. The molecule has 0 bridgehead atoms. The van der Waals surface area contributed by atoms with Gasteiger partial charge in [0.05, 0.1) is 59.5 Å². The minimum atomic E-state index is -0.104. The number of hydrogen-bond acceptors (Lipinski definition) is 7. The lowest BCUT2D eigenvalue weighted by molar-refractivity contribution is -0.126. The number of ether oxygens (including phenoxy) is 5. The zero-order chi connectivity index (χ0) is 21.8. The molecule has 172 valence electrons. The van der Waals surface area contributed by atoms with E-state index < -0.39 is 0 Å². The van der Waals surface area contributed by atoms with E-state index in [0.717, 1.165) is 6.42 Å². The number of hydrogen-bond donors (Lipinski definition) is 2. The molecule has 0 aliphatic heterocycles. The maximum absolute atomic E-state index is 11.6. The van der Waals surface area contributed by atoms with Crippen molar-refractivity contribution in [3.63, 3.8) is 0 Å². The van der Waals surface area contributed by atoms with Gasteiger partial charge >= 0.3 is 0 Å². The van der Waals surface area contributed by atoms with E-state index in [0.29, 0.717) is 72.6 Å². The van der Waals surface area contributed by atoms with Gasteiger partial charge in [-0.15, -0.1) is 0 Å². The van der Waals surface area contributed by atoms with Gasteiger partial charge in [-0.05, 0) is 11.8 Å². The van der Waals surface area contributed by atoms with Crippen LogP contribution in [0.4, 0.5) is 0 Å². The molecule has 9 heteroatoms. The summed E-state index contributed by atoms with van der Waals surface area (Å²) in [7, 11) is 0. The van der Waals surface area contributed by atoms with Crippen molar-refractivity contribution in [3.8, 4) is 0 Å². The summed E-state index contributed by atoms with van der Waals surface area (Å²) >= 11 is 0. The Balaban J connectivity index is 3.20. The molecule has 9 nitrogen and oxygen atoms in total.